The highest BCUT2D eigenvalue weighted by Gasteiger charge is 2.58. The fraction of sp³-hybridized carbons (Fsp3) is 0.354. The lowest BCUT2D eigenvalue weighted by Gasteiger charge is -2.44. The number of ether oxygens (including phenoxy) is 4. The van der Waals surface area contributed by atoms with Gasteiger partial charge in [0.2, 0.25) is 0 Å². The highest BCUT2D eigenvalue weighted by Crippen LogP contribution is 2.42. The molecule has 2 aliphatic heterocycles. The highest BCUT2D eigenvalue weighted by atomic mass is 28.4. The van der Waals surface area contributed by atoms with Crippen LogP contribution < -0.4 is 10.4 Å². The van der Waals surface area contributed by atoms with Crippen LogP contribution in [0.5, 0.6) is 0 Å². The first-order valence-electron chi connectivity index (χ1n) is 20.0. The summed E-state index contributed by atoms with van der Waals surface area (Å²) in [5.41, 5.74) is 3.23. The fourth-order valence-corrected chi connectivity index (χ4v) is 13.0. The maximum absolute atomic E-state index is 12.9. The monoisotopic (exact) mass is 785 g/mol. The second-order valence-electron chi connectivity index (χ2n) is 16.0. The van der Waals surface area contributed by atoms with E-state index in [9.17, 15) is 4.79 Å². The molecule has 2 heterocycles. The standard InChI is InChI=1S/C48H55NO7Si/c1-36(50)55-45(35-54-57(48(2,3)4,40-26-16-8-17-27-40)41-28-18-9-19-29-41)44-30-42-46(52-32-38-22-12-6-13-23-38)47(53-33-39-24-14-7-15-25-39)43(49(42)56-44)34-51-31-37-20-10-5-11-21-37/h5-29,42-47H,30-35H2,1-4H3/t42-,43-,44-,45+,46-,47-/m1/s1. The van der Waals surface area contributed by atoms with Gasteiger partial charge in [0.05, 0.1) is 45.1 Å². The molecule has 298 valence electrons. The molecule has 6 atom stereocenters. The molecule has 5 aromatic carbocycles. The number of hydrogen-bond donors (Lipinski definition) is 0. The molecule has 2 fully saturated rings. The van der Waals surface area contributed by atoms with E-state index in [-0.39, 0.29) is 41.9 Å². The quantitative estimate of drug-likeness (QED) is 0.0704. The predicted octanol–water partition coefficient (Wildman–Crippen LogP) is 7.64. The summed E-state index contributed by atoms with van der Waals surface area (Å²) in [6.07, 6.45) is -1.36. The highest BCUT2D eigenvalue weighted by molar-refractivity contribution is 6.99. The Labute approximate surface area is 338 Å². The molecule has 8 nitrogen and oxygen atoms in total. The van der Waals surface area contributed by atoms with Gasteiger partial charge in [0.25, 0.3) is 8.32 Å². The van der Waals surface area contributed by atoms with E-state index < -0.39 is 20.5 Å². The van der Waals surface area contributed by atoms with Crippen molar-refractivity contribution in [2.24, 2.45) is 0 Å². The molecule has 0 N–H and O–H groups in total. The summed E-state index contributed by atoms with van der Waals surface area (Å²) in [5, 5.41) is 4.07. The third-order valence-corrected chi connectivity index (χ3v) is 16.1. The van der Waals surface area contributed by atoms with Crippen LogP contribution in [0, 0.1) is 0 Å². The van der Waals surface area contributed by atoms with Gasteiger partial charge in [-0.3, -0.25) is 9.63 Å². The molecule has 0 amide bonds. The van der Waals surface area contributed by atoms with Gasteiger partial charge in [0.1, 0.15) is 18.3 Å². The third kappa shape index (κ3) is 9.64. The Kier molecular flexibility index (Phi) is 13.5. The van der Waals surface area contributed by atoms with Crippen LogP contribution in [0.4, 0.5) is 0 Å². The van der Waals surface area contributed by atoms with Crippen molar-refractivity contribution >= 4 is 24.7 Å². The number of esters is 1. The Bertz CT molecular complexity index is 1920. The van der Waals surface area contributed by atoms with Crippen molar-refractivity contribution in [3.8, 4) is 0 Å². The lowest BCUT2D eigenvalue weighted by molar-refractivity contribution is -0.220. The Morgan fingerprint density at radius 3 is 1.61 bits per heavy atom. The second kappa shape index (κ2) is 18.9. The molecule has 0 radical (unpaired) electrons. The molecule has 57 heavy (non-hydrogen) atoms. The van der Waals surface area contributed by atoms with Gasteiger partial charge in [-0.25, -0.2) is 0 Å². The zero-order valence-electron chi connectivity index (χ0n) is 33.4. The van der Waals surface area contributed by atoms with Gasteiger partial charge in [0.15, 0.2) is 6.10 Å². The van der Waals surface area contributed by atoms with Crippen molar-refractivity contribution in [1.29, 1.82) is 0 Å². The van der Waals surface area contributed by atoms with Crippen molar-refractivity contribution in [1.82, 2.24) is 5.06 Å². The first-order valence-corrected chi connectivity index (χ1v) is 21.9. The molecule has 2 saturated heterocycles. The number of fused-ring (bicyclic) bond motifs is 1. The molecule has 0 bridgehead atoms. The van der Waals surface area contributed by atoms with E-state index in [0.717, 1.165) is 27.1 Å². The van der Waals surface area contributed by atoms with E-state index >= 15 is 0 Å². The van der Waals surface area contributed by atoms with Crippen LogP contribution in [0.1, 0.15) is 50.8 Å². The first-order chi connectivity index (χ1) is 27.7. The van der Waals surface area contributed by atoms with Gasteiger partial charge >= 0.3 is 5.97 Å². The fourth-order valence-electron chi connectivity index (χ4n) is 8.41. The average Bonchev–Trinajstić information content (AvgIpc) is 3.77. The largest absolute Gasteiger partial charge is 0.457 e. The molecule has 0 saturated carbocycles. The van der Waals surface area contributed by atoms with Crippen LogP contribution in [-0.4, -0.2) is 69.1 Å². The number of benzene rings is 5. The smallest absolute Gasteiger partial charge is 0.303 e. The van der Waals surface area contributed by atoms with E-state index in [0.29, 0.717) is 32.8 Å². The van der Waals surface area contributed by atoms with Crippen LogP contribution in [0.15, 0.2) is 152 Å². The summed E-state index contributed by atoms with van der Waals surface area (Å²) in [6.45, 7) is 9.96. The average molecular weight is 786 g/mol. The number of carbonyl (C=O) groups is 1. The molecule has 2 aliphatic rings. The van der Waals surface area contributed by atoms with Crippen molar-refractivity contribution < 1.29 is 33.0 Å². The van der Waals surface area contributed by atoms with Crippen LogP contribution in [-0.2, 0) is 52.8 Å². The molecule has 9 heteroatoms. The van der Waals surface area contributed by atoms with E-state index in [2.05, 4.69) is 106 Å². The lowest BCUT2D eigenvalue weighted by Crippen LogP contribution is -2.67. The second-order valence-corrected chi connectivity index (χ2v) is 20.3. The molecule has 0 spiro atoms. The predicted molar refractivity (Wildman–Crippen MR) is 224 cm³/mol. The minimum Gasteiger partial charge on any atom is -0.457 e. The number of carbonyl (C=O) groups excluding carboxylic acids is 1. The summed E-state index contributed by atoms with van der Waals surface area (Å²) < 4.78 is 33.6. The minimum absolute atomic E-state index is 0.163. The Hall–Kier alpha value is -4.45. The summed E-state index contributed by atoms with van der Waals surface area (Å²) in [6, 6.07) is 51.0. The first kappa shape index (κ1) is 40.7. The molecular weight excluding hydrogens is 731 g/mol. The zero-order valence-corrected chi connectivity index (χ0v) is 34.4. The van der Waals surface area contributed by atoms with Crippen molar-refractivity contribution in [3.63, 3.8) is 0 Å². The zero-order chi connectivity index (χ0) is 39.7. The number of hydroxylamine groups is 2. The van der Waals surface area contributed by atoms with Gasteiger partial charge in [-0.15, -0.1) is 0 Å². The van der Waals surface area contributed by atoms with Crippen LogP contribution in [0.25, 0.3) is 0 Å². The summed E-state index contributed by atoms with van der Waals surface area (Å²) in [7, 11) is -2.95. The van der Waals surface area contributed by atoms with E-state index in [1.165, 1.54) is 6.92 Å². The molecular formula is C48H55NO7Si. The van der Waals surface area contributed by atoms with Crippen LogP contribution >= 0.6 is 0 Å². The molecule has 0 aliphatic carbocycles. The number of nitrogens with zero attached hydrogens (tertiary/aromatic N) is 1. The molecule has 7 rings (SSSR count). The third-order valence-electron chi connectivity index (χ3n) is 11.1. The van der Waals surface area contributed by atoms with E-state index in [1.54, 1.807) is 0 Å². The topological polar surface area (TPSA) is 75.7 Å². The summed E-state index contributed by atoms with van der Waals surface area (Å²) in [5.74, 6) is -0.384. The normalized spacial score (nSPS) is 21.6. The van der Waals surface area contributed by atoms with Gasteiger partial charge in [-0.05, 0) is 38.5 Å². The van der Waals surface area contributed by atoms with Gasteiger partial charge in [-0.2, -0.15) is 5.06 Å². The SMILES string of the molecule is CC(=O)O[C@@H](CO[Si](c1ccccc1)(c1ccccc1)C(C)(C)C)[C@H]1C[C@@H]2[C@@H](OCc3ccccc3)[C@H](OCc3ccccc3)[C@@H](COCc3ccccc3)N2O1. The molecule has 0 unspecified atom stereocenters. The Morgan fingerprint density at radius 2 is 1.14 bits per heavy atom. The maximum atomic E-state index is 12.9. The maximum Gasteiger partial charge on any atom is 0.303 e. The Morgan fingerprint density at radius 1 is 0.684 bits per heavy atom. The van der Waals surface area contributed by atoms with Gasteiger partial charge in [0, 0.05) is 6.92 Å². The van der Waals surface area contributed by atoms with E-state index in [4.69, 9.17) is 28.2 Å². The van der Waals surface area contributed by atoms with Crippen molar-refractivity contribution in [3.05, 3.63) is 168 Å². The summed E-state index contributed by atoms with van der Waals surface area (Å²) in [4.78, 5) is 19.8. The lowest BCUT2D eigenvalue weighted by atomic mass is 10.00. The molecule has 5 aromatic rings. The van der Waals surface area contributed by atoms with Crippen LogP contribution in [0.2, 0.25) is 5.04 Å². The van der Waals surface area contributed by atoms with Gasteiger partial charge in [-0.1, -0.05) is 172 Å². The van der Waals surface area contributed by atoms with Gasteiger partial charge < -0.3 is 23.4 Å². The Balaban J connectivity index is 1.19. The number of hydrogen-bond acceptors (Lipinski definition) is 8. The van der Waals surface area contributed by atoms with Crippen molar-refractivity contribution in [2.75, 3.05) is 13.2 Å². The van der Waals surface area contributed by atoms with Crippen LogP contribution in [0.3, 0.4) is 0 Å². The number of rotatable bonds is 17. The van der Waals surface area contributed by atoms with Crippen molar-refractivity contribution in [2.45, 2.75) is 95.5 Å². The van der Waals surface area contributed by atoms with E-state index in [1.807, 2.05) is 71.8 Å². The minimum atomic E-state index is -2.95. The molecule has 0 aromatic heterocycles. The summed E-state index contributed by atoms with van der Waals surface area (Å²) >= 11 is 0.